The topological polar surface area (TPSA) is 29.5 Å². The summed E-state index contributed by atoms with van der Waals surface area (Å²) in [6.45, 7) is 2.25. The molecule has 4 heteroatoms. The molecule has 0 aliphatic heterocycles. The molecule has 110 valence electrons. The van der Waals surface area contributed by atoms with Crippen molar-refractivity contribution in [1.82, 2.24) is 4.90 Å². The van der Waals surface area contributed by atoms with Crippen LogP contribution in [0.2, 0.25) is 0 Å². The zero-order valence-corrected chi connectivity index (χ0v) is 12.4. The fourth-order valence-corrected chi connectivity index (χ4v) is 2.09. The second-order valence-corrected chi connectivity index (χ2v) is 4.99. The van der Waals surface area contributed by atoms with Gasteiger partial charge in [0.2, 0.25) is 0 Å². The number of nitrogens with zero attached hydrogens (tertiary/aromatic N) is 1. The third-order valence-corrected chi connectivity index (χ3v) is 3.28. The van der Waals surface area contributed by atoms with E-state index in [1.807, 2.05) is 31.2 Å². The number of aryl methyl sites for hydroxylation is 1. The number of hydrogen-bond donors (Lipinski definition) is 0. The van der Waals surface area contributed by atoms with Gasteiger partial charge in [0.1, 0.15) is 11.6 Å². The summed E-state index contributed by atoms with van der Waals surface area (Å²) in [6.07, 6.45) is 0. The molecule has 0 heterocycles. The number of amides is 1. The molecule has 1 amide bonds. The molecule has 2 aromatic rings. The standard InChI is InChI=1S/C17H18FNO2/c1-12-4-9-16(18)15(10-12)17(20)19(2)11-13-5-7-14(21-3)8-6-13/h4-10H,11H2,1-3H3. The minimum absolute atomic E-state index is 0.103. The van der Waals surface area contributed by atoms with Gasteiger partial charge in [-0.05, 0) is 36.8 Å². The molecule has 0 N–H and O–H groups in total. The number of hydrogen-bond acceptors (Lipinski definition) is 2. The van der Waals surface area contributed by atoms with Crippen LogP contribution in [0, 0.1) is 12.7 Å². The summed E-state index contributed by atoms with van der Waals surface area (Å²) in [5.41, 5.74) is 1.92. The Bertz CT molecular complexity index is 638. The van der Waals surface area contributed by atoms with Crippen molar-refractivity contribution in [2.24, 2.45) is 0 Å². The van der Waals surface area contributed by atoms with Gasteiger partial charge < -0.3 is 9.64 Å². The molecule has 21 heavy (non-hydrogen) atoms. The van der Waals surface area contributed by atoms with E-state index in [1.54, 1.807) is 26.3 Å². The molecule has 0 radical (unpaired) electrons. The van der Waals surface area contributed by atoms with Gasteiger partial charge in [-0.25, -0.2) is 4.39 Å². The lowest BCUT2D eigenvalue weighted by Crippen LogP contribution is -2.27. The van der Waals surface area contributed by atoms with Crippen molar-refractivity contribution in [1.29, 1.82) is 0 Å². The largest absolute Gasteiger partial charge is 0.497 e. The van der Waals surface area contributed by atoms with E-state index in [2.05, 4.69) is 0 Å². The lowest BCUT2D eigenvalue weighted by atomic mass is 10.1. The van der Waals surface area contributed by atoms with Crippen LogP contribution in [0.15, 0.2) is 42.5 Å². The fraction of sp³-hybridized carbons (Fsp3) is 0.235. The van der Waals surface area contributed by atoms with Gasteiger partial charge in [0.15, 0.2) is 0 Å². The Labute approximate surface area is 124 Å². The third-order valence-electron chi connectivity index (χ3n) is 3.28. The van der Waals surface area contributed by atoms with Crippen LogP contribution in [0.4, 0.5) is 4.39 Å². The Kier molecular flexibility index (Phi) is 4.58. The molecule has 0 spiro atoms. The van der Waals surface area contributed by atoms with Gasteiger partial charge in [0, 0.05) is 13.6 Å². The van der Waals surface area contributed by atoms with Crippen molar-refractivity contribution in [2.75, 3.05) is 14.2 Å². The first-order chi connectivity index (χ1) is 10.0. The van der Waals surface area contributed by atoms with Crippen molar-refractivity contribution in [2.45, 2.75) is 13.5 Å². The Morgan fingerprint density at radius 2 is 1.86 bits per heavy atom. The Morgan fingerprint density at radius 3 is 2.48 bits per heavy atom. The highest BCUT2D eigenvalue weighted by molar-refractivity contribution is 5.94. The fourth-order valence-electron chi connectivity index (χ4n) is 2.09. The van der Waals surface area contributed by atoms with Crippen LogP contribution in [0.3, 0.4) is 0 Å². The minimum atomic E-state index is -0.493. The maximum Gasteiger partial charge on any atom is 0.256 e. The van der Waals surface area contributed by atoms with Gasteiger partial charge in [0.05, 0.1) is 12.7 Å². The van der Waals surface area contributed by atoms with Crippen molar-refractivity contribution >= 4 is 5.91 Å². The molecular weight excluding hydrogens is 269 g/mol. The molecule has 2 rings (SSSR count). The quantitative estimate of drug-likeness (QED) is 0.862. The molecule has 0 unspecified atom stereocenters. The molecule has 0 saturated heterocycles. The number of rotatable bonds is 4. The lowest BCUT2D eigenvalue weighted by Gasteiger charge is -2.18. The van der Waals surface area contributed by atoms with Crippen LogP contribution >= 0.6 is 0 Å². The first-order valence-corrected chi connectivity index (χ1v) is 6.66. The molecule has 0 saturated carbocycles. The summed E-state index contributed by atoms with van der Waals surface area (Å²) >= 11 is 0. The zero-order valence-electron chi connectivity index (χ0n) is 12.4. The van der Waals surface area contributed by atoms with Gasteiger partial charge in [-0.15, -0.1) is 0 Å². The first-order valence-electron chi connectivity index (χ1n) is 6.66. The number of ether oxygens (including phenoxy) is 1. The van der Waals surface area contributed by atoms with Crippen LogP contribution in [-0.4, -0.2) is 25.0 Å². The summed E-state index contributed by atoms with van der Waals surface area (Å²) in [4.78, 5) is 13.8. The molecule has 2 aromatic carbocycles. The Hall–Kier alpha value is -2.36. The third kappa shape index (κ3) is 3.60. The van der Waals surface area contributed by atoms with Crippen molar-refractivity contribution in [3.63, 3.8) is 0 Å². The van der Waals surface area contributed by atoms with Gasteiger partial charge in [-0.1, -0.05) is 23.8 Å². The van der Waals surface area contributed by atoms with Crippen molar-refractivity contribution in [3.05, 3.63) is 65.0 Å². The summed E-state index contributed by atoms with van der Waals surface area (Å²) in [5.74, 6) is -0.0587. The predicted octanol–water partition coefficient (Wildman–Crippen LogP) is 3.41. The number of carbonyl (C=O) groups is 1. The summed E-state index contributed by atoms with van der Waals surface area (Å²) in [6, 6.07) is 12.0. The Morgan fingerprint density at radius 1 is 1.19 bits per heavy atom. The van der Waals surface area contributed by atoms with Gasteiger partial charge in [-0.2, -0.15) is 0 Å². The summed E-state index contributed by atoms with van der Waals surface area (Å²) in [5, 5.41) is 0. The maximum atomic E-state index is 13.8. The minimum Gasteiger partial charge on any atom is -0.497 e. The van der Waals surface area contributed by atoms with E-state index < -0.39 is 5.82 Å². The number of benzene rings is 2. The van der Waals surface area contributed by atoms with E-state index in [-0.39, 0.29) is 11.5 Å². The van der Waals surface area contributed by atoms with Crippen molar-refractivity contribution in [3.8, 4) is 5.75 Å². The first kappa shape index (κ1) is 15.0. The van der Waals surface area contributed by atoms with Crippen LogP contribution < -0.4 is 4.74 Å². The van der Waals surface area contributed by atoms with Crippen LogP contribution in [-0.2, 0) is 6.54 Å². The molecule has 0 aliphatic carbocycles. The average molecular weight is 287 g/mol. The second kappa shape index (κ2) is 6.39. The van der Waals surface area contributed by atoms with Gasteiger partial charge in [-0.3, -0.25) is 4.79 Å². The smallest absolute Gasteiger partial charge is 0.256 e. The van der Waals surface area contributed by atoms with E-state index in [1.165, 1.54) is 11.0 Å². The lowest BCUT2D eigenvalue weighted by molar-refractivity contribution is 0.0780. The second-order valence-electron chi connectivity index (χ2n) is 4.99. The molecule has 0 atom stereocenters. The predicted molar refractivity (Wildman–Crippen MR) is 79.9 cm³/mol. The average Bonchev–Trinajstić information content (AvgIpc) is 2.49. The van der Waals surface area contributed by atoms with Crippen LogP contribution in [0.1, 0.15) is 21.5 Å². The van der Waals surface area contributed by atoms with E-state index in [9.17, 15) is 9.18 Å². The monoisotopic (exact) mass is 287 g/mol. The number of methoxy groups -OCH3 is 1. The van der Waals surface area contributed by atoms with Crippen LogP contribution in [0.25, 0.3) is 0 Å². The van der Waals surface area contributed by atoms with E-state index in [0.29, 0.717) is 6.54 Å². The molecule has 0 bridgehead atoms. The molecular formula is C17H18FNO2. The highest BCUT2D eigenvalue weighted by atomic mass is 19.1. The molecule has 0 aromatic heterocycles. The van der Waals surface area contributed by atoms with E-state index >= 15 is 0 Å². The van der Waals surface area contributed by atoms with Crippen molar-refractivity contribution < 1.29 is 13.9 Å². The van der Waals surface area contributed by atoms with E-state index in [4.69, 9.17) is 4.74 Å². The highest BCUT2D eigenvalue weighted by Crippen LogP contribution is 2.16. The number of halogens is 1. The normalized spacial score (nSPS) is 10.3. The summed E-state index contributed by atoms with van der Waals surface area (Å²) in [7, 11) is 3.26. The Balaban J connectivity index is 2.13. The van der Waals surface area contributed by atoms with Crippen LogP contribution in [0.5, 0.6) is 5.75 Å². The molecule has 0 fully saturated rings. The number of carbonyl (C=O) groups excluding carboxylic acids is 1. The van der Waals surface area contributed by atoms with Gasteiger partial charge >= 0.3 is 0 Å². The molecule has 3 nitrogen and oxygen atoms in total. The summed E-state index contributed by atoms with van der Waals surface area (Å²) < 4.78 is 18.8. The zero-order chi connectivity index (χ0) is 15.4. The SMILES string of the molecule is COc1ccc(CN(C)C(=O)c2cc(C)ccc2F)cc1. The molecule has 0 aliphatic rings. The highest BCUT2D eigenvalue weighted by Gasteiger charge is 2.16. The van der Waals surface area contributed by atoms with Gasteiger partial charge in [0.25, 0.3) is 5.91 Å². The maximum absolute atomic E-state index is 13.8. The van der Waals surface area contributed by atoms with E-state index in [0.717, 1.165) is 16.9 Å².